The minimum Gasteiger partial charge on any atom is -0.505 e. The number of phenols is 1. The van der Waals surface area contributed by atoms with Gasteiger partial charge in [0.1, 0.15) is 12.0 Å². The Bertz CT molecular complexity index is 824. The Morgan fingerprint density at radius 2 is 1.62 bits per heavy atom. The summed E-state index contributed by atoms with van der Waals surface area (Å²) in [6.07, 6.45) is 0.774. The first-order chi connectivity index (χ1) is 10.3. The second-order valence-corrected chi connectivity index (χ2v) is 4.56. The Morgan fingerprint density at radius 3 is 2.38 bits per heavy atom. The number of carbonyl (C=O) groups is 1. The van der Waals surface area contributed by atoms with E-state index in [1.54, 1.807) is 30.3 Å². The molecule has 0 aliphatic carbocycles. The summed E-state index contributed by atoms with van der Waals surface area (Å²) in [5.74, 6) is 0.112. The van der Waals surface area contributed by atoms with E-state index in [1.807, 2.05) is 30.3 Å². The van der Waals surface area contributed by atoms with Gasteiger partial charge in [-0.25, -0.2) is 0 Å². The van der Waals surface area contributed by atoms with Gasteiger partial charge < -0.3 is 5.11 Å². The van der Waals surface area contributed by atoms with E-state index < -0.39 is 0 Å². The van der Waals surface area contributed by atoms with E-state index in [0.29, 0.717) is 16.9 Å². The number of fused-ring (bicyclic) bond motifs is 1. The maximum absolute atomic E-state index is 10.6. The third-order valence-corrected chi connectivity index (χ3v) is 3.18. The second-order valence-electron chi connectivity index (χ2n) is 4.56. The fourth-order valence-corrected chi connectivity index (χ4v) is 2.06. The molecular formula is C17H12N2O2. The van der Waals surface area contributed by atoms with Crippen LogP contribution in [0.3, 0.4) is 0 Å². The first-order valence-electron chi connectivity index (χ1n) is 6.45. The van der Waals surface area contributed by atoms with E-state index in [0.717, 1.165) is 17.1 Å². The summed E-state index contributed by atoms with van der Waals surface area (Å²) < 4.78 is 0. The van der Waals surface area contributed by atoms with Gasteiger partial charge in [0.05, 0.1) is 5.69 Å². The van der Waals surface area contributed by atoms with E-state index in [2.05, 4.69) is 10.2 Å². The van der Waals surface area contributed by atoms with Gasteiger partial charge in [0, 0.05) is 10.9 Å². The molecule has 4 nitrogen and oxygen atoms in total. The molecule has 0 unspecified atom stereocenters. The fourth-order valence-electron chi connectivity index (χ4n) is 2.06. The van der Waals surface area contributed by atoms with E-state index in [-0.39, 0.29) is 5.75 Å². The summed E-state index contributed by atoms with van der Waals surface area (Å²) in [6, 6.07) is 17.9. The Hall–Kier alpha value is -3.01. The number of azo groups is 1. The normalized spacial score (nSPS) is 11.0. The lowest BCUT2D eigenvalue weighted by Gasteiger charge is -2.03. The highest BCUT2D eigenvalue weighted by atomic mass is 16.3. The molecule has 1 N–H and O–H groups in total. The van der Waals surface area contributed by atoms with Crippen LogP contribution >= 0.6 is 0 Å². The molecule has 0 aliphatic rings. The number of aldehydes is 1. The monoisotopic (exact) mass is 276 g/mol. The predicted molar refractivity (Wildman–Crippen MR) is 81.6 cm³/mol. The Balaban J connectivity index is 1.95. The molecule has 0 aromatic heterocycles. The maximum atomic E-state index is 10.6. The zero-order valence-electron chi connectivity index (χ0n) is 11.1. The number of aromatic hydroxyl groups is 1. The molecule has 3 aromatic rings. The quantitative estimate of drug-likeness (QED) is 0.553. The molecule has 0 radical (unpaired) electrons. The van der Waals surface area contributed by atoms with Crippen LogP contribution in [0.15, 0.2) is 70.9 Å². The molecular weight excluding hydrogens is 264 g/mol. The Labute approximate surface area is 121 Å². The van der Waals surface area contributed by atoms with Crippen LogP contribution in [0, 0.1) is 0 Å². The molecule has 3 rings (SSSR count). The lowest BCUT2D eigenvalue weighted by atomic mass is 10.1. The minimum absolute atomic E-state index is 0.112. The van der Waals surface area contributed by atoms with Crippen molar-refractivity contribution in [1.82, 2.24) is 0 Å². The third kappa shape index (κ3) is 2.65. The predicted octanol–water partition coefficient (Wildman–Crippen LogP) is 4.77. The van der Waals surface area contributed by atoms with Crippen LogP contribution in [0.2, 0.25) is 0 Å². The molecule has 102 valence electrons. The number of hydrogen-bond donors (Lipinski definition) is 1. The largest absolute Gasteiger partial charge is 0.505 e. The molecule has 21 heavy (non-hydrogen) atoms. The van der Waals surface area contributed by atoms with Crippen LogP contribution in [-0.4, -0.2) is 11.4 Å². The van der Waals surface area contributed by atoms with Gasteiger partial charge >= 0.3 is 0 Å². The summed E-state index contributed by atoms with van der Waals surface area (Å²) in [6.45, 7) is 0. The van der Waals surface area contributed by atoms with Crippen LogP contribution in [0.5, 0.6) is 5.75 Å². The van der Waals surface area contributed by atoms with E-state index in [1.165, 1.54) is 0 Å². The number of phenolic OH excluding ortho intramolecular Hbond substituents is 1. The van der Waals surface area contributed by atoms with Crippen molar-refractivity contribution in [3.05, 3.63) is 66.2 Å². The lowest BCUT2D eigenvalue weighted by Crippen LogP contribution is -1.76. The number of nitrogens with zero attached hydrogens (tertiary/aromatic N) is 2. The highest BCUT2D eigenvalue weighted by molar-refractivity contribution is 5.92. The maximum Gasteiger partial charge on any atom is 0.150 e. The first kappa shape index (κ1) is 13.0. The van der Waals surface area contributed by atoms with Crippen LogP contribution in [0.1, 0.15) is 10.4 Å². The molecule has 0 bridgehead atoms. The molecule has 0 amide bonds. The van der Waals surface area contributed by atoms with Crippen molar-refractivity contribution in [3.63, 3.8) is 0 Å². The summed E-state index contributed by atoms with van der Waals surface area (Å²) >= 11 is 0. The number of hydrogen-bond acceptors (Lipinski definition) is 4. The number of carbonyl (C=O) groups excluding carboxylic acids is 1. The molecule has 0 spiro atoms. The number of benzene rings is 3. The topological polar surface area (TPSA) is 62.0 Å². The second kappa shape index (κ2) is 5.54. The minimum atomic E-state index is 0.112. The van der Waals surface area contributed by atoms with Gasteiger partial charge in [-0.2, -0.15) is 5.11 Å². The number of rotatable bonds is 3. The molecule has 0 atom stereocenters. The molecule has 0 saturated carbocycles. The van der Waals surface area contributed by atoms with Crippen molar-refractivity contribution in [1.29, 1.82) is 0 Å². The van der Waals surface area contributed by atoms with Crippen LogP contribution in [-0.2, 0) is 0 Å². The van der Waals surface area contributed by atoms with Crippen molar-refractivity contribution >= 4 is 28.4 Å². The SMILES string of the molecule is O=Cc1ccc(N=Nc2ccc3ccccc3c2O)cc1. The summed E-state index contributed by atoms with van der Waals surface area (Å²) in [5, 5.41) is 20.0. The standard InChI is InChI=1S/C17H12N2O2/c20-11-12-5-8-14(9-6-12)18-19-16-10-7-13-3-1-2-4-15(13)17(16)21/h1-11,21H. The van der Waals surface area contributed by atoms with Gasteiger partial charge in [-0.15, -0.1) is 5.11 Å². The molecule has 4 heteroatoms. The average Bonchev–Trinajstić information content (AvgIpc) is 2.55. The smallest absolute Gasteiger partial charge is 0.150 e. The van der Waals surface area contributed by atoms with Gasteiger partial charge in [-0.1, -0.05) is 30.3 Å². The molecule has 0 saturated heterocycles. The average molecular weight is 276 g/mol. The molecule has 0 fully saturated rings. The third-order valence-electron chi connectivity index (χ3n) is 3.18. The zero-order valence-corrected chi connectivity index (χ0v) is 11.1. The molecule has 3 aromatic carbocycles. The van der Waals surface area contributed by atoms with Crippen LogP contribution in [0.4, 0.5) is 11.4 Å². The van der Waals surface area contributed by atoms with E-state index in [9.17, 15) is 9.90 Å². The summed E-state index contributed by atoms with van der Waals surface area (Å²) in [5.41, 5.74) is 1.61. The fraction of sp³-hybridized carbons (Fsp3) is 0. The highest BCUT2D eigenvalue weighted by Gasteiger charge is 2.04. The highest BCUT2D eigenvalue weighted by Crippen LogP contribution is 2.35. The molecule has 0 heterocycles. The van der Waals surface area contributed by atoms with Gasteiger partial charge in [-0.3, -0.25) is 4.79 Å². The van der Waals surface area contributed by atoms with Gasteiger partial charge in [0.25, 0.3) is 0 Å². The summed E-state index contributed by atoms with van der Waals surface area (Å²) in [7, 11) is 0. The van der Waals surface area contributed by atoms with Crippen molar-refractivity contribution in [2.75, 3.05) is 0 Å². The Morgan fingerprint density at radius 1 is 0.857 bits per heavy atom. The van der Waals surface area contributed by atoms with Crippen LogP contribution in [0.25, 0.3) is 10.8 Å². The van der Waals surface area contributed by atoms with Gasteiger partial charge in [-0.05, 0) is 35.7 Å². The van der Waals surface area contributed by atoms with Crippen molar-refractivity contribution in [3.8, 4) is 5.75 Å². The van der Waals surface area contributed by atoms with Crippen molar-refractivity contribution in [2.45, 2.75) is 0 Å². The Kier molecular flexibility index (Phi) is 3.43. The van der Waals surface area contributed by atoms with Crippen molar-refractivity contribution < 1.29 is 9.90 Å². The zero-order chi connectivity index (χ0) is 14.7. The van der Waals surface area contributed by atoms with Crippen molar-refractivity contribution in [2.24, 2.45) is 10.2 Å². The van der Waals surface area contributed by atoms with E-state index >= 15 is 0 Å². The first-order valence-corrected chi connectivity index (χ1v) is 6.45. The van der Waals surface area contributed by atoms with Gasteiger partial charge in [0.15, 0.2) is 5.75 Å². The summed E-state index contributed by atoms with van der Waals surface area (Å²) in [4.78, 5) is 10.6. The van der Waals surface area contributed by atoms with E-state index in [4.69, 9.17) is 0 Å². The van der Waals surface area contributed by atoms with Gasteiger partial charge in [0.2, 0.25) is 0 Å². The van der Waals surface area contributed by atoms with Crippen LogP contribution < -0.4 is 0 Å². The lowest BCUT2D eigenvalue weighted by molar-refractivity contribution is 0.112. The molecule has 0 aliphatic heterocycles.